The second kappa shape index (κ2) is 6.62. The fraction of sp³-hybridized carbons (Fsp3) is 0.231. The summed E-state index contributed by atoms with van der Waals surface area (Å²) in [5.41, 5.74) is 0.978. The van der Waals surface area contributed by atoms with Crippen molar-refractivity contribution in [2.24, 2.45) is 5.92 Å². The van der Waals surface area contributed by atoms with E-state index in [0.717, 1.165) is 5.70 Å². The van der Waals surface area contributed by atoms with Gasteiger partial charge in [-0.25, -0.2) is 0 Å². The topological polar surface area (TPSA) is 59.6 Å². The number of hydrogen-bond donors (Lipinski definition) is 1. The fourth-order valence-corrected chi connectivity index (χ4v) is 1.78. The lowest BCUT2D eigenvalue weighted by Crippen LogP contribution is -2.10. The standard InChI is InChI=1S/C13H13N3S/c1-10-4-3-5-12(7-6-10)16-13(17-2)11(8-14)9-15/h3-7,10,16H,1-2H3. The van der Waals surface area contributed by atoms with Crippen LogP contribution in [0.3, 0.4) is 0 Å². The van der Waals surface area contributed by atoms with Crippen LogP contribution < -0.4 is 5.32 Å². The first-order valence-corrected chi connectivity index (χ1v) is 6.36. The lowest BCUT2D eigenvalue weighted by atomic mass is 10.2. The predicted molar refractivity (Wildman–Crippen MR) is 70.4 cm³/mol. The Labute approximate surface area is 106 Å². The van der Waals surface area contributed by atoms with Crippen LogP contribution in [0.25, 0.3) is 0 Å². The summed E-state index contributed by atoms with van der Waals surface area (Å²) in [6.45, 7) is 2.09. The zero-order chi connectivity index (χ0) is 12.7. The minimum absolute atomic E-state index is 0.105. The molecule has 1 rings (SSSR count). The molecule has 0 saturated heterocycles. The smallest absolute Gasteiger partial charge is 0.159 e. The van der Waals surface area contributed by atoms with Crippen LogP contribution in [0.1, 0.15) is 6.92 Å². The molecule has 0 heterocycles. The third-order valence-electron chi connectivity index (χ3n) is 2.18. The molecule has 1 N–H and O–H groups in total. The van der Waals surface area contributed by atoms with Gasteiger partial charge in [-0.05, 0) is 24.3 Å². The number of allylic oxidation sites excluding steroid dienone is 6. The molecule has 0 spiro atoms. The Bertz CT molecular complexity index is 468. The minimum atomic E-state index is 0.105. The van der Waals surface area contributed by atoms with Crippen molar-refractivity contribution in [3.8, 4) is 12.1 Å². The average molecular weight is 243 g/mol. The molecule has 3 nitrogen and oxygen atoms in total. The van der Waals surface area contributed by atoms with Gasteiger partial charge in [0.05, 0.1) is 0 Å². The summed E-state index contributed by atoms with van der Waals surface area (Å²) in [6.07, 6.45) is 11.8. The number of hydrogen-bond acceptors (Lipinski definition) is 4. The Morgan fingerprint density at radius 3 is 2.65 bits per heavy atom. The van der Waals surface area contributed by atoms with Crippen LogP contribution in [0, 0.1) is 28.6 Å². The predicted octanol–water partition coefficient (Wildman–Crippen LogP) is 2.84. The maximum atomic E-state index is 8.82. The molecule has 0 radical (unpaired) electrons. The first-order valence-electron chi connectivity index (χ1n) is 5.13. The van der Waals surface area contributed by atoms with E-state index in [2.05, 4.69) is 24.4 Å². The SMILES string of the molecule is CSC(NC1=CC=CC(C)C=C1)=C(C#N)C#N. The van der Waals surface area contributed by atoms with Crippen LogP contribution in [0.2, 0.25) is 0 Å². The monoisotopic (exact) mass is 243 g/mol. The van der Waals surface area contributed by atoms with Crippen molar-refractivity contribution in [1.82, 2.24) is 5.32 Å². The van der Waals surface area contributed by atoms with Gasteiger partial charge in [-0.15, -0.1) is 11.8 Å². The molecule has 0 aromatic heterocycles. The van der Waals surface area contributed by atoms with Crippen molar-refractivity contribution in [1.29, 1.82) is 10.5 Å². The zero-order valence-corrected chi connectivity index (χ0v) is 10.6. The lowest BCUT2D eigenvalue weighted by Gasteiger charge is -2.08. The molecule has 0 saturated carbocycles. The number of thioether (sulfide) groups is 1. The van der Waals surface area contributed by atoms with Gasteiger partial charge in [0.1, 0.15) is 17.2 Å². The molecule has 1 unspecified atom stereocenters. The maximum absolute atomic E-state index is 8.82. The van der Waals surface area contributed by atoms with E-state index in [4.69, 9.17) is 10.5 Å². The Kier molecular flexibility index (Phi) is 5.13. The fourth-order valence-electron chi connectivity index (χ4n) is 1.27. The highest BCUT2D eigenvalue weighted by Crippen LogP contribution is 2.16. The normalized spacial score (nSPS) is 17.4. The summed E-state index contributed by atoms with van der Waals surface area (Å²) in [5, 5.41) is 21.3. The molecule has 17 heavy (non-hydrogen) atoms. The molecular formula is C13H13N3S. The average Bonchev–Trinajstić information content (AvgIpc) is 2.54. The third-order valence-corrected chi connectivity index (χ3v) is 2.90. The number of rotatable bonds is 3. The Balaban J connectivity index is 2.92. The van der Waals surface area contributed by atoms with Crippen molar-refractivity contribution < 1.29 is 0 Å². The third kappa shape index (κ3) is 3.86. The molecule has 1 aliphatic carbocycles. The molecular weight excluding hydrogens is 230 g/mol. The van der Waals surface area contributed by atoms with Crippen LogP contribution in [0.5, 0.6) is 0 Å². The Morgan fingerprint density at radius 2 is 2.06 bits per heavy atom. The largest absolute Gasteiger partial charge is 0.349 e. The van der Waals surface area contributed by atoms with Crippen molar-refractivity contribution >= 4 is 11.8 Å². The van der Waals surface area contributed by atoms with E-state index in [9.17, 15) is 0 Å². The van der Waals surface area contributed by atoms with Gasteiger partial charge >= 0.3 is 0 Å². The number of nitriles is 2. The molecule has 0 amide bonds. The van der Waals surface area contributed by atoms with Crippen molar-refractivity contribution in [3.63, 3.8) is 0 Å². The van der Waals surface area contributed by atoms with Crippen LogP contribution in [0.4, 0.5) is 0 Å². The van der Waals surface area contributed by atoms with Gasteiger partial charge in [0.2, 0.25) is 0 Å². The summed E-state index contributed by atoms with van der Waals surface area (Å²) < 4.78 is 0. The van der Waals surface area contributed by atoms with E-state index in [0.29, 0.717) is 10.9 Å². The summed E-state index contributed by atoms with van der Waals surface area (Å²) in [6, 6.07) is 3.77. The molecule has 1 aliphatic rings. The molecule has 86 valence electrons. The highest BCUT2D eigenvalue weighted by atomic mass is 32.2. The van der Waals surface area contributed by atoms with Gasteiger partial charge in [0.15, 0.2) is 5.57 Å². The summed E-state index contributed by atoms with van der Waals surface area (Å²) in [7, 11) is 0. The second-order valence-corrected chi connectivity index (χ2v) is 4.30. The van der Waals surface area contributed by atoms with Gasteiger partial charge in [-0.3, -0.25) is 0 Å². The van der Waals surface area contributed by atoms with E-state index in [1.165, 1.54) is 11.8 Å². The summed E-state index contributed by atoms with van der Waals surface area (Å²) >= 11 is 1.35. The molecule has 0 fully saturated rings. The number of nitrogens with zero attached hydrogens (tertiary/aromatic N) is 2. The van der Waals surface area contributed by atoms with Gasteiger partial charge in [-0.1, -0.05) is 25.2 Å². The van der Waals surface area contributed by atoms with Gasteiger partial charge in [0.25, 0.3) is 0 Å². The van der Waals surface area contributed by atoms with Gasteiger partial charge in [0, 0.05) is 5.70 Å². The summed E-state index contributed by atoms with van der Waals surface area (Å²) in [4.78, 5) is 0. The van der Waals surface area contributed by atoms with Crippen molar-refractivity contribution in [2.75, 3.05) is 6.26 Å². The van der Waals surface area contributed by atoms with E-state index in [-0.39, 0.29) is 5.57 Å². The Hall–Kier alpha value is -1.91. The highest BCUT2D eigenvalue weighted by Gasteiger charge is 2.06. The van der Waals surface area contributed by atoms with Crippen LogP contribution >= 0.6 is 11.8 Å². The van der Waals surface area contributed by atoms with Crippen molar-refractivity contribution in [2.45, 2.75) is 6.92 Å². The van der Waals surface area contributed by atoms with Crippen LogP contribution in [-0.4, -0.2) is 6.26 Å². The molecule has 1 atom stereocenters. The van der Waals surface area contributed by atoms with E-state index in [1.807, 2.05) is 36.6 Å². The van der Waals surface area contributed by atoms with E-state index < -0.39 is 0 Å². The van der Waals surface area contributed by atoms with Crippen LogP contribution in [0.15, 0.2) is 46.7 Å². The van der Waals surface area contributed by atoms with E-state index in [1.54, 1.807) is 0 Å². The van der Waals surface area contributed by atoms with Crippen molar-refractivity contribution in [3.05, 3.63) is 46.7 Å². The molecule has 0 aromatic rings. The molecule has 0 aliphatic heterocycles. The Morgan fingerprint density at radius 1 is 1.35 bits per heavy atom. The first kappa shape index (κ1) is 13.2. The molecule has 0 aromatic carbocycles. The summed E-state index contributed by atoms with van der Waals surface area (Å²) in [5.74, 6) is 0.388. The van der Waals surface area contributed by atoms with E-state index >= 15 is 0 Å². The molecule has 4 heteroatoms. The maximum Gasteiger partial charge on any atom is 0.159 e. The van der Waals surface area contributed by atoms with Gasteiger partial charge < -0.3 is 5.32 Å². The lowest BCUT2D eigenvalue weighted by molar-refractivity contribution is 0.939. The first-order chi connectivity index (χ1) is 8.21. The second-order valence-electron chi connectivity index (χ2n) is 3.48. The molecule has 0 bridgehead atoms. The zero-order valence-electron chi connectivity index (χ0n) is 9.77. The number of nitrogens with one attached hydrogen (secondary N) is 1. The van der Waals surface area contributed by atoms with Gasteiger partial charge in [-0.2, -0.15) is 10.5 Å². The van der Waals surface area contributed by atoms with Crippen LogP contribution in [-0.2, 0) is 0 Å². The highest BCUT2D eigenvalue weighted by molar-refractivity contribution is 8.02. The minimum Gasteiger partial charge on any atom is -0.349 e. The quantitative estimate of drug-likeness (QED) is 0.774.